The Bertz CT molecular complexity index is 3240. The number of thiophene rings is 1. The third-order valence-corrected chi connectivity index (χ3v) is 11.9. The van der Waals surface area contributed by atoms with Crippen molar-refractivity contribution in [3.8, 4) is 56.4 Å². The number of aromatic nitrogens is 3. The Kier molecular flexibility index (Phi) is 7.35. The summed E-state index contributed by atoms with van der Waals surface area (Å²) in [6, 6.07) is 67.0. The molecule has 11 rings (SSSR count). The minimum absolute atomic E-state index is 0.647. The molecule has 0 fully saturated rings. The molecule has 11 aromatic rings. The minimum Gasteiger partial charge on any atom is -0.208 e. The molecule has 0 aliphatic heterocycles. The Balaban J connectivity index is 1.06. The molecule has 0 unspecified atom stereocenters. The Morgan fingerprint density at radius 3 is 1.25 bits per heavy atom. The van der Waals surface area contributed by atoms with E-state index in [9.17, 15) is 0 Å². The monoisotopic (exact) mass is 717 g/mol. The molecule has 0 atom stereocenters. The summed E-state index contributed by atoms with van der Waals surface area (Å²) in [4.78, 5) is 15.2. The van der Waals surface area contributed by atoms with Crippen molar-refractivity contribution >= 4 is 63.8 Å². The van der Waals surface area contributed by atoms with E-state index in [2.05, 4.69) is 170 Å². The number of hydrogen-bond acceptors (Lipinski definition) is 4. The van der Waals surface area contributed by atoms with E-state index in [1.165, 1.54) is 69.2 Å². The molecule has 0 saturated heterocycles. The van der Waals surface area contributed by atoms with E-state index >= 15 is 0 Å². The lowest BCUT2D eigenvalue weighted by Crippen LogP contribution is -2.00. The van der Waals surface area contributed by atoms with Gasteiger partial charge in [0.25, 0.3) is 0 Å². The van der Waals surface area contributed by atoms with Crippen LogP contribution in [0.1, 0.15) is 0 Å². The standard InChI is InChI=1S/C51H31N3S/c1-3-13-32(14-4-1)42-30-44-40-20-10-8-18-38(40)43(31-45(44)39-19-9-7-17-37(39)42)33-23-25-35(26-24-33)50-52-49(34-15-5-2-6-16-34)53-51(54-50)36-27-28-48-46(29-36)41-21-11-12-22-47(41)55-48/h1-31H. The third-order valence-electron chi connectivity index (χ3n) is 10.7. The highest BCUT2D eigenvalue weighted by Gasteiger charge is 2.17. The van der Waals surface area contributed by atoms with Crippen LogP contribution in [0.25, 0.3) is 109 Å². The van der Waals surface area contributed by atoms with Crippen LogP contribution in [0.15, 0.2) is 188 Å². The summed E-state index contributed by atoms with van der Waals surface area (Å²) in [5, 5.41) is 9.95. The van der Waals surface area contributed by atoms with Crippen LogP contribution in [0.2, 0.25) is 0 Å². The van der Waals surface area contributed by atoms with Crippen LogP contribution in [0.5, 0.6) is 0 Å². The van der Waals surface area contributed by atoms with Crippen molar-refractivity contribution in [2.45, 2.75) is 0 Å². The van der Waals surface area contributed by atoms with Gasteiger partial charge in [0, 0.05) is 36.9 Å². The molecule has 55 heavy (non-hydrogen) atoms. The predicted octanol–water partition coefficient (Wildman–Crippen LogP) is 14.0. The SMILES string of the molecule is c1ccc(-c2nc(-c3ccc(-c4cc5c6ccccc6c(-c6ccccc6)cc5c5ccccc45)cc3)nc(-c3ccc4sc5ccccc5c4c3)n2)cc1. The fraction of sp³-hybridized carbons (Fsp3) is 0. The molecular formula is C51H31N3S. The largest absolute Gasteiger partial charge is 0.208 e. The summed E-state index contributed by atoms with van der Waals surface area (Å²) in [6.45, 7) is 0. The number of fused-ring (bicyclic) bond motifs is 8. The zero-order valence-electron chi connectivity index (χ0n) is 29.6. The molecule has 0 radical (unpaired) electrons. The Morgan fingerprint density at radius 2 is 0.655 bits per heavy atom. The summed E-state index contributed by atoms with van der Waals surface area (Å²) >= 11 is 1.81. The Hall–Kier alpha value is -7.01. The highest BCUT2D eigenvalue weighted by molar-refractivity contribution is 7.25. The summed E-state index contributed by atoms with van der Waals surface area (Å²) in [5.74, 6) is 1.96. The van der Waals surface area contributed by atoms with Gasteiger partial charge in [-0.2, -0.15) is 0 Å². The fourth-order valence-corrected chi connectivity index (χ4v) is 9.15. The van der Waals surface area contributed by atoms with Gasteiger partial charge >= 0.3 is 0 Å². The van der Waals surface area contributed by atoms with E-state index in [1.807, 2.05) is 29.5 Å². The van der Waals surface area contributed by atoms with Crippen LogP contribution in [-0.2, 0) is 0 Å². The van der Waals surface area contributed by atoms with Gasteiger partial charge in [0.05, 0.1) is 0 Å². The van der Waals surface area contributed by atoms with Gasteiger partial charge in [-0.3, -0.25) is 0 Å². The second kappa shape index (κ2) is 12.8. The molecule has 3 nitrogen and oxygen atoms in total. The molecular weight excluding hydrogens is 687 g/mol. The quantitative estimate of drug-likeness (QED) is 0.166. The zero-order valence-corrected chi connectivity index (χ0v) is 30.5. The number of hydrogen-bond donors (Lipinski definition) is 0. The lowest BCUT2D eigenvalue weighted by atomic mass is 9.87. The van der Waals surface area contributed by atoms with Gasteiger partial charge in [0.15, 0.2) is 17.5 Å². The fourth-order valence-electron chi connectivity index (χ4n) is 8.06. The molecule has 0 saturated carbocycles. The molecule has 256 valence electrons. The molecule has 0 bridgehead atoms. The first-order valence-electron chi connectivity index (χ1n) is 18.5. The van der Waals surface area contributed by atoms with Gasteiger partial charge in [-0.05, 0) is 91.0 Å². The lowest BCUT2D eigenvalue weighted by Gasteiger charge is -2.16. The summed E-state index contributed by atoms with van der Waals surface area (Å²) in [5.41, 5.74) is 7.68. The van der Waals surface area contributed by atoms with Crippen molar-refractivity contribution in [1.29, 1.82) is 0 Å². The van der Waals surface area contributed by atoms with Crippen LogP contribution in [0.4, 0.5) is 0 Å². The van der Waals surface area contributed by atoms with Crippen molar-refractivity contribution in [1.82, 2.24) is 15.0 Å². The van der Waals surface area contributed by atoms with Crippen molar-refractivity contribution < 1.29 is 0 Å². The topological polar surface area (TPSA) is 38.7 Å². The van der Waals surface area contributed by atoms with Crippen molar-refractivity contribution in [3.05, 3.63) is 188 Å². The maximum atomic E-state index is 5.11. The van der Waals surface area contributed by atoms with E-state index in [1.54, 1.807) is 0 Å². The molecule has 2 aromatic heterocycles. The van der Waals surface area contributed by atoms with Crippen molar-refractivity contribution in [2.24, 2.45) is 0 Å². The summed E-state index contributed by atoms with van der Waals surface area (Å²) in [7, 11) is 0. The second-order valence-electron chi connectivity index (χ2n) is 14.0. The summed E-state index contributed by atoms with van der Waals surface area (Å²) in [6.07, 6.45) is 0. The minimum atomic E-state index is 0.647. The molecule has 0 aliphatic rings. The zero-order chi connectivity index (χ0) is 36.3. The maximum Gasteiger partial charge on any atom is 0.164 e. The van der Waals surface area contributed by atoms with Crippen molar-refractivity contribution in [3.63, 3.8) is 0 Å². The first kappa shape index (κ1) is 31.5. The Labute approximate surface area is 321 Å². The van der Waals surface area contributed by atoms with Gasteiger partial charge in [-0.25, -0.2) is 15.0 Å². The molecule has 2 heterocycles. The molecule has 9 aromatic carbocycles. The van der Waals surface area contributed by atoms with Gasteiger partial charge < -0.3 is 0 Å². The van der Waals surface area contributed by atoms with E-state index in [0.29, 0.717) is 17.5 Å². The Morgan fingerprint density at radius 1 is 0.255 bits per heavy atom. The second-order valence-corrected chi connectivity index (χ2v) is 15.0. The van der Waals surface area contributed by atoms with Gasteiger partial charge in [0.1, 0.15) is 0 Å². The number of rotatable bonds is 5. The van der Waals surface area contributed by atoms with E-state index in [-0.39, 0.29) is 0 Å². The smallest absolute Gasteiger partial charge is 0.164 e. The highest BCUT2D eigenvalue weighted by Crippen LogP contribution is 2.42. The molecule has 4 heteroatoms. The molecule has 0 N–H and O–H groups in total. The predicted molar refractivity (Wildman–Crippen MR) is 232 cm³/mol. The normalized spacial score (nSPS) is 11.6. The van der Waals surface area contributed by atoms with Crippen LogP contribution >= 0.6 is 11.3 Å². The average molecular weight is 718 g/mol. The average Bonchev–Trinajstić information content (AvgIpc) is 3.64. The van der Waals surface area contributed by atoms with Gasteiger partial charge in [-0.1, -0.05) is 152 Å². The molecule has 0 aliphatic carbocycles. The van der Waals surface area contributed by atoms with Gasteiger partial charge in [0.2, 0.25) is 0 Å². The summed E-state index contributed by atoms with van der Waals surface area (Å²) < 4.78 is 2.53. The van der Waals surface area contributed by atoms with E-state index in [0.717, 1.165) is 22.3 Å². The lowest BCUT2D eigenvalue weighted by molar-refractivity contribution is 1.07. The van der Waals surface area contributed by atoms with Crippen LogP contribution in [-0.4, -0.2) is 15.0 Å². The third kappa shape index (κ3) is 5.38. The van der Waals surface area contributed by atoms with Crippen LogP contribution in [0.3, 0.4) is 0 Å². The molecule has 0 spiro atoms. The first-order chi connectivity index (χ1) is 27.2. The van der Waals surface area contributed by atoms with Crippen LogP contribution < -0.4 is 0 Å². The van der Waals surface area contributed by atoms with Gasteiger partial charge in [-0.15, -0.1) is 11.3 Å². The first-order valence-corrected chi connectivity index (χ1v) is 19.3. The number of benzene rings is 9. The molecule has 0 amide bonds. The van der Waals surface area contributed by atoms with Crippen molar-refractivity contribution in [2.75, 3.05) is 0 Å². The van der Waals surface area contributed by atoms with E-state index < -0.39 is 0 Å². The van der Waals surface area contributed by atoms with E-state index in [4.69, 9.17) is 15.0 Å². The number of nitrogens with zero attached hydrogens (tertiary/aromatic N) is 3. The maximum absolute atomic E-state index is 5.11. The van der Waals surface area contributed by atoms with Crippen LogP contribution in [0, 0.1) is 0 Å². The highest BCUT2D eigenvalue weighted by atomic mass is 32.1.